The van der Waals surface area contributed by atoms with E-state index in [0.29, 0.717) is 41.2 Å². The van der Waals surface area contributed by atoms with Crippen LogP contribution in [0.2, 0.25) is 0 Å². The molecule has 190 valence electrons. The Morgan fingerprint density at radius 2 is 2.19 bits per heavy atom. The Morgan fingerprint density at radius 3 is 2.97 bits per heavy atom. The lowest BCUT2D eigenvalue weighted by atomic mass is 9.85. The van der Waals surface area contributed by atoms with E-state index >= 15 is 4.39 Å². The van der Waals surface area contributed by atoms with Crippen LogP contribution in [0.3, 0.4) is 0 Å². The fraction of sp³-hybridized carbons (Fsp3) is 0.481. The lowest BCUT2D eigenvalue weighted by Crippen LogP contribution is -2.44. The number of benzene rings is 1. The van der Waals surface area contributed by atoms with E-state index in [2.05, 4.69) is 19.9 Å². The first-order valence-electron chi connectivity index (χ1n) is 12.5. The van der Waals surface area contributed by atoms with Gasteiger partial charge in [-0.25, -0.2) is 14.4 Å². The number of halogens is 1. The number of hydrogen-bond acceptors (Lipinski definition) is 7. The Balaban J connectivity index is 1.09. The van der Waals surface area contributed by atoms with E-state index in [1.165, 1.54) is 12.8 Å². The predicted molar refractivity (Wildman–Crippen MR) is 135 cm³/mol. The second kappa shape index (κ2) is 9.37. The van der Waals surface area contributed by atoms with E-state index in [1.807, 2.05) is 19.1 Å². The zero-order valence-electron chi connectivity index (χ0n) is 20.7. The molecule has 0 amide bonds. The molecule has 36 heavy (non-hydrogen) atoms. The second-order valence-electron chi connectivity index (χ2n) is 10.1. The van der Waals surface area contributed by atoms with Crippen molar-refractivity contribution < 1.29 is 23.3 Å². The molecule has 3 aliphatic heterocycles. The van der Waals surface area contributed by atoms with Crippen LogP contribution in [0.1, 0.15) is 25.0 Å². The molecule has 2 saturated heterocycles. The van der Waals surface area contributed by atoms with E-state index in [-0.39, 0.29) is 11.7 Å². The zero-order valence-corrected chi connectivity index (χ0v) is 20.7. The molecular weight excluding hydrogens is 463 g/mol. The van der Waals surface area contributed by atoms with Gasteiger partial charge in [-0.3, -0.25) is 0 Å². The van der Waals surface area contributed by atoms with Crippen LogP contribution in [0.5, 0.6) is 5.75 Å². The number of nitrogens with one attached hydrogen (secondary N) is 1. The molecule has 0 radical (unpaired) electrons. The highest BCUT2D eigenvalue weighted by molar-refractivity contribution is 5.93. The van der Waals surface area contributed by atoms with Crippen LogP contribution in [-0.4, -0.2) is 68.7 Å². The number of methoxy groups -OCH3 is 1. The van der Waals surface area contributed by atoms with Crippen molar-refractivity contribution in [2.45, 2.75) is 26.2 Å². The molecule has 2 aromatic rings. The number of hydrogen-bond donors (Lipinski definition) is 1. The molecule has 1 atom stereocenters. The minimum atomic E-state index is -0.413. The maximum absolute atomic E-state index is 15.1. The number of likely N-dealkylation sites (tertiary alicyclic amines) is 1. The van der Waals surface area contributed by atoms with Gasteiger partial charge in [0.1, 0.15) is 12.1 Å². The SMILES string of the molecule is COC1=C(OCCCN2CCC3(COC3)C2)C=C2N=CN=C(Oc3ccc4[nH]c(C)cc4c3F)C2C1. The topological polar surface area (TPSA) is 80.7 Å². The lowest BCUT2D eigenvalue weighted by molar-refractivity contribution is -0.105. The molecule has 1 aromatic heterocycles. The molecule has 9 heteroatoms. The maximum Gasteiger partial charge on any atom is 0.205 e. The number of nitrogens with zero attached hydrogens (tertiary/aromatic N) is 3. The fourth-order valence-corrected chi connectivity index (χ4v) is 5.49. The summed E-state index contributed by atoms with van der Waals surface area (Å²) in [5.41, 5.74) is 2.79. The third-order valence-electron chi connectivity index (χ3n) is 7.50. The van der Waals surface area contributed by atoms with Crippen LogP contribution in [-0.2, 0) is 14.2 Å². The van der Waals surface area contributed by atoms with Gasteiger partial charge in [0, 0.05) is 47.6 Å². The average molecular weight is 495 g/mol. The molecule has 4 aliphatic rings. The van der Waals surface area contributed by atoms with E-state index in [1.54, 1.807) is 19.2 Å². The largest absolute Gasteiger partial charge is 0.497 e. The molecule has 1 aromatic carbocycles. The number of aryl methyl sites for hydroxylation is 1. The van der Waals surface area contributed by atoms with Crippen molar-refractivity contribution in [3.8, 4) is 5.75 Å². The summed E-state index contributed by atoms with van der Waals surface area (Å²) in [7, 11) is 1.63. The first-order valence-corrected chi connectivity index (χ1v) is 12.5. The third kappa shape index (κ3) is 4.30. The van der Waals surface area contributed by atoms with Crippen molar-refractivity contribution in [1.82, 2.24) is 9.88 Å². The highest BCUT2D eigenvalue weighted by atomic mass is 19.1. The van der Waals surface area contributed by atoms with Gasteiger partial charge in [-0.2, -0.15) is 0 Å². The van der Waals surface area contributed by atoms with Crippen molar-refractivity contribution in [2.75, 3.05) is 46.6 Å². The van der Waals surface area contributed by atoms with Crippen molar-refractivity contribution in [3.05, 3.63) is 53.0 Å². The van der Waals surface area contributed by atoms with Gasteiger partial charge in [0.05, 0.1) is 38.5 Å². The summed E-state index contributed by atoms with van der Waals surface area (Å²) in [6.07, 6.45) is 5.97. The summed E-state index contributed by atoms with van der Waals surface area (Å²) in [5.74, 6) is 1.23. The molecule has 0 bridgehead atoms. The number of allylic oxidation sites excluding steroid dienone is 2. The highest BCUT2D eigenvalue weighted by Gasteiger charge is 2.44. The summed E-state index contributed by atoms with van der Waals surface area (Å²) in [5, 5.41) is 0.493. The van der Waals surface area contributed by atoms with Crippen LogP contribution < -0.4 is 4.74 Å². The zero-order chi connectivity index (χ0) is 24.7. The molecule has 6 rings (SSSR count). The molecule has 0 saturated carbocycles. The summed E-state index contributed by atoms with van der Waals surface area (Å²) < 4.78 is 38.3. The molecule has 1 unspecified atom stereocenters. The number of aromatic amines is 1. The van der Waals surface area contributed by atoms with E-state index < -0.39 is 5.82 Å². The quantitative estimate of drug-likeness (QED) is 0.580. The van der Waals surface area contributed by atoms with Crippen LogP contribution in [0, 0.1) is 24.1 Å². The normalized spacial score (nSPS) is 22.9. The number of ether oxygens (including phenoxy) is 4. The Kier molecular flexibility index (Phi) is 6.05. The van der Waals surface area contributed by atoms with Crippen LogP contribution >= 0.6 is 0 Å². The smallest absolute Gasteiger partial charge is 0.205 e. The summed E-state index contributed by atoms with van der Waals surface area (Å²) in [6, 6.07) is 5.20. The molecule has 4 heterocycles. The van der Waals surface area contributed by atoms with Crippen LogP contribution in [0.25, 0.3) is 10.9 Å². The molecule has 8 nitrogen and oxygen atoms in total. The van der Waals surface area contributed by atoms with Gasteiger partial charge < -0.3 is 28.8 Å². The minimum absolute atomic E-state index is 0.136. The lowest BCUT2D eigenvalue weighted by Gasteiger charge is -2.37. The van der Waals surface area contributed by atoms with Crippen molar-refractivity contribution in [2.24, 2.45) is 21.3 Å². The summed E-state index contributed by atoms with van der Waals surface area (Å²) in [6.45, 7) is 7.57. The van der Waals surface area contributed by atoms with E-state index in [0.717, 1.165) is 56.2 Å². The van der Waals surface area contributed by atoms with Crippen molar-refractivity contribution in [3.63, 3.8) is 0 Å². The molecular formula is C27H31FN4O4. The molecule has 1 aliphatic carbocycles. The Bertz CT molecular complexity index is 1290. The molecule has 1 spiro atoms. The van der Waals surface area contributed by atoms with Gasteiger partial charge in [0.15, 0.2) is 17.3 Å². The second-order valence-corrected chi connectivity index (χ2v) is 10.1. The first-order chi connectivity index (χ1) is 17.5. The summed E-state index contributed by atoms with van der Waals surface area (Å²) in [4.78, 5) is 14.4. The van der Waals surface area contributed by atoms with Crippen LogP contribution in [0.15, 0.2) is 51.5 Å². The number of aliphatic imine (C=N–C) groups is 2. The van der Waals surface area contributed by atoms with Crippen LogP contribution in [0.4, 0.5) is 4.39 Å². The number of fused-ring (bicyclic) bond motifs is 2. The van der Waals surface area contributed by atoms with Crippen molar-refractivity contribution >= 4 is 23.1 Å². The van der Waals surface area contributed by atoms with Crippen molar-refractivity contribution in [1.29, 1.82) is 0 Å². The Hall–Kier alpha value is -3.17. The Morgan fingerprint density at radius 1 is 1.31 bits per heavy atom. The Labute approximate surface area is 209 Å². The van der Waals surface area contributed by atoms with Gasteiger partial charge in [-0.15, -0.1) is 0 Å². The standard InChI is InChI=1S/C27H31FN4O4/c1-17-10-18-20(31-17)4-5-22(25(18)28)36-26-19-11-23(33-2)24(12-21(19)29-16-30-26)35-9-3-7-32-8-6-27(13-32)14-34-15-27/h4-5,10,12,16,19,31H,3,6-9,11,13-15H2,1-2H3. The molecule has 2 fully saturated rings. The monoisotopic (exact) mass is 494 g/mol. The number of aromatic nitrogens is 1. The fourth-order valence-electron chi connectivity index (χ4n) is 5.49. The third-order valence-corrected chi connectivity index (χ3v) is 7.50. The average Bonchev–Trinajstić information content (AvgIpc) is 3.47. The minimum Gasteiger partial charge on any atom is -0.497 e. The molecule has 1 N–H and O–H groups in total. The van der Waals surface area contributed by atoms with Gasteiger partial charge >= 0.3 is 0 Å². The summed E-state index contributed by atoms with van der Waals surface area (Å²) >= 11 is 0. The number of rotatable bonds is 7. The van der Waals surface area contributed by atoms with E-state index in [9.17, 15) is 0 Å². The van der Waals surface area contributed by atoms with E-state index in [4.69, 9.17) is 18.9 Å². The highest BCUT2D eigenvalue weighted by Crippen LogP contribution is 2.38. The maximum atomic E-state index is 15.1. The van der Waals surface area contributed by atoms with Gasteiger partial charge in [0.25, 0.3) is 0 Å². The first kappa shape index (κ1) is 23.2. The number of H-pyrrole nitrogens is 1. The van der Waals surface area contributed by atoms with Gasteiger partial charge in [-0.05, 0) is 44.5 Å². The van der Waals surface area contributed by atoms with Gasteiger partial charge in [-0.1, -0.05) is 0 Å². The van der Waals surface area contributed by atoms with Gasteiger partial charge in [0.2, 0.25) is 5.90 Å². The predicted octanol–water partition coefficient (Wildman–Crippen LogP) is 4.33.